The van der Waals surface area contributed by atoms with Crippen LogP contribution in [0.15, 0.2) is 47.5 Å². The molecule has 1 aliphatic heterocycles. The zero-order valence-electron chi connectivity index (χ0n) is 20.5. The molecule has 0 atom stereocenters. The van der Waals surface area contributed by atoms with E-state index < -0.39 is 0 Å². The molecule has 1 fully saturated rings. The van der Waals surface area contributed by atoms with Gasteiger partial charge in [0.15, 0.2) is 11.5 Å². The van der Waals surface area contributed by atoms with Crippen molar-refractivity contribution in [3.8, 4) is 11.5 Å². The minimum atomic E-state index is -0.309. The van der Waals surface area contributed by atoms with Gasteiger partial charge in [0.2, 0.25) is 5.91 Å². The molecule has 0 spiro atoms. The Hall–Kier alpha value is -3.88. The van der Waals surface area contributed by atoms with E-state index in [2.05, 4.69) is 10.3 Å². The molecule has 2 aliphatic rings. The van der Waals surface area contributed by atoms with Crippen molar-refractivity contribution in [2.24, 2.45) is 5.92 Å². The standard InChI is InChI=1S/C27H30N4O5/c1-35-23-11-21-22(12-24(23)36-2)28-16-31(27(21)34)15-25(32)29-19-9-7-17(8-10-19)13-30-14-18-5-3-4-6-20(18)26(30)33/h3-6,11-12,16-17,19H,7-10,13-15H2,1-2H3,(H,29,32). The number of ether oxygens (including phenoxy) is 2. The van der Waals surface area contributed by atoms with E-state index >= 15 is 0 Å². The first-order chi connectivity index (χ1) is 17.5. The van der Waals surface area contributed by atoms with Crippen LogP contribution in [0.3, 0.4) is 0 Å². The molecule has 2 aromatic carbocycles. The summed E-state index contributed by atoms with van der Waals surface area (Å²) in [4.78, 5) is 44.6. The summed E-state index contributed by atoms with van der Waals surface area (Å²) in [6.07, 6.45) is 4.99. The van der Waals surface area contributed by atoms with Gasteiger partial charge in [-0.05, 0) is 49.3 Å². The minimum Gasteiger partial charge on any atom is -0.493 e. The van der Waals surface area contributed by atoms with E-state index in [9.17, 15) is 14.4 Å². The molecule has 0 unspecified atom stereocenters. The predicted molar refractivity (Wildman–Crippen MR) is 134 cm³/mol. The lowest BCUT2D eigenvalue weighted by atomic mass is 9.85. The number of carbonyl (C=O) groups excluding carboxylic acids is 2. The number of benzene rings is 2. The van der Waals surface area contributed by atoms with Crippen molar-refractivity contribution >= 4 is 22.7 Å². The zero-order chi connectivity index (χ0) is 25.2. The van der Waals surface area contributed by atoms with Gasteiger partial charge in [-0.3, -0.25) is 19.0 Å². The summed E-state index contributed by atoms with van der Waals surface area (Å²) < 4.78 is 11.9. The molecule has 5 rings (SSSR count). The fourth-order valence-corrected chi connectivity index (χ4v) is 5.29. The van der Waals surface area contributed by atoms with Crippen LogP contribution in [-0.4, -0.2) is 53.1 Å². The van der Waals surface area contributed by atoms with Crippen molar-refractivity contribution < 1.29 is 19.1 Å². The van der Waals surface area contributed by atoms with Crippen LogP contribution in [0.25, 0.3) is 10.9 Å². The molecule has 2 heterocycles. The SMILES string of the molecule is COc1cc2ncn(CC(=O)NC3CCC(CN4Cc5ccccc5C4=O)CC3)c(=O)c2cc1OC. The number of methoxy groups -OCH3 is 2. The Morgan fingerprint density at radius 3 is 2.50 bits per heavy atom. The van der Waals surface area contributed by atoms with Crippen LogP contribution in [0, 0.1) is 5.92 Å². The van der Waals surface area contributed by atoms with Gasteiger partial charge in [-0.25, -0.2) is 4.98 Å². The molecule has 9 heteroatoms. The summed E-state index contributed by atoms with van der Waals surface area (Å²) in [5.41, 5.74) is 2.08. The van der Waals surface area contributed by atoms with Crippen molar-refractivity contribution in [2.75, 3.05) is 20.8 Å². The largest absolute Gasteiger partial charge is 0.493 e. The lowest BCUT2D eigenvalue weighted by Gasteiger charge is -2.31. The number of nitrogens with zero attached hydrogens (tertiary/aromatic N) is 3. The van der Waals surface area contributed by atoms with Gasteiger partial charge in [0.25, 0.3) is 11.5 Å². The van der Waals surface area contributed by atoms with Gasteiger partial charge >= 0.3 is 0 Å². The van der Waals surface area contributed by atoms with Gasteiger partial charge in [-0.2, -0.15) is 0 Å². The van der Waals surface area contributed by atoms with E-state index in [1.165, 1.54) is 25.1 Å². The molecule has 1 saturated carbocycles. The van der Waals surface area contributed by atoms with E-state index in [4.69, 9.17) is 9.47 Å². The van der Waals surface area contributed by atoms with Gasteiger partial charge in [-0.1, -0.05) is 18.2 Å². The highest BCUT2D eigenvalue weighted by Gasteiger charge is 2.30. The van der Waals surface area contributed by atoms with Crippen LogP contribution in [0.1, 0.15) is 41.6 Å². The molecule has 0 saturated heterocycles. The topological polar surface area (TPSA) is 103 Å². The number of hydrogen-bond acceptors (Lipinski definition) is 6. The van der Waals surface area contributed by atoms with Crippen molar-refractivity contribution in [1.29, 1.82) is 0 Å². The molecular weight excluding hydrogens is 460 g/mol. The molecule has 36 heavy (non-hydrogen) atoms. The van der Waals surface area contributed by atoms with Gasteiger partial charge in [0, 0.05) is 30.8 Å². The minimum absolute atomic E-state index is 0.0636. The average molecular weight is 491 g/mol. The summed E-state index contributed by atoms with van der Waals surface area (Å²) in [6.45, 7) is 1.33. The number of hydrogen-bond donors (Lipinski definition) is 1. The van der Waals surface area contributed by atoms with Crippen LogP contribution >= 0.6 is 0 Å². The Morgan fingerprint density at radius 2 is 1.78 bits per heavy atom. The second kappa shape index (κ2) is 10.0. The van der Waals surface area contributed by atoms with Crippen LogP contribution in [-0.2, 0) is 17.9 Å². The van der Waals surface area contributed by atoms with Crippen LogP contribution in [0.4, 0.5) is 0 Å². The molecule has 0 radical (unpaired) electrons. The van der Waals surface area contributed by atoms with E-state index in [0.717, 1.165) is 43.4 Å². The monoisotopic (exact) mass is 490 g/mol. The van der Waals surface area contributed by atoms with Gasteiger partial charge < -0.3 is 19.7 Å². The Morgan fingerprint density at radius 1 is 1.06 bits per heavy atom. The van der Waals surface area contributed by atoms with E-state index in [1.807, 2.05) is 29.2 Å². The Labute approximate surface area is 209 Å². The first-order valence-corrected chi connectivity index (χ1v) is 12.2. The molecule has 9 nitrogen and oxygen atoms in total. The number of fused-ring (bicyclic) bond motifs is 2. The highest BCUT2D eigenvalue weighted by atomic mass is 16.5. The maximum Gasteiger partial charge on any atom is 0.261 e. The Bertz CT molecular complexity index is 1360. The summed E-state index contributed by atoms with van der Waals surface area (Å²) >= 11 is 0. The first-order valence-electron chi connectivity index (χ1n) is 12.2. The van der Waals surface area contributed by atoms with Crippen LogP contribution < -0.4 is 20.3 Å². The maximum absolute atomic E-state index is 13.0. The summed E-state index contributed by atoms with van der Waals surface area (Å²) in [5, 5.41) is 3.43. The Kier molecular flexibility index (Phi) is 6.63. The third-order valence-corrected chi connectivity index (χ3v) is 7.23. The van der Waals surface area contributed by atoms with Crippen LogP contribution in [0.5, 0.6) is 11.5 Å². The highest BCUT2D eigenvalue weighted by molar-refractivity contribution is 5.98. The lowest BCUT2D eigenvalue weighted by molar-refractivity contribution is -0.122. The second-order valence-electron chi connectivity index (χ2n) is 9.53. The van der Waals surface area contributed by atoms with Gasteiger partial charge in [-0.15, -0.1) is 0 Å². The van der Waals surface area contributed by atoms with Gasteiger partial charge in [0.05, 0.1) is 31.4 Å². The highest BCUT2D eigenvalue weighted by Crippen LogP contribution is 2.30. The maximum atomic E-state index is 13.0. The smallest absolute Gasteiger partial charge is 0.261 e. The molecule has 1 N–H and O–H groups in total. The number of aromatic nitrogens is 2. The zero-order valence-corrected chi connectivity index (χ0v) is 20.5. The lowest BCUT2D eigenvalue weighted by Crippen LogP contribution is -2.42. The Balaban J connectivity index is 1.15. The fraction of sp³-hybridized carbons (Fsp3) is 0.407. The molecule has 1 aromatic heterocycles. The predicted octanol–water partition coefficient (Wildman–Crippen LogP) is 2.74. The van der Waals surface area contributed by atoms with Crippen molar-refractivity contribution in [3.05, 3.63) is 64.2 Å². The molecular formula is C27H30N4O5. The first kappa shape index (κ1) is 23.8. The number of nitrogens with one attached hydrogen (secondary N) is 1. The summed E-state index contributed by atoms with van der Waals surface area (Å²) in [5.74, 6) is 1.25. The van der Waals surface area contributed by atoms with Crippen LogP contribution in [0.2, 0.25) is 0 Å². The number of carbonyl (C=O) groups is 2. The van der Waals surface area contributed by atoms with E-state index in [-0.39, 0.29) is 30.0 Å². The fourth-order valence-electron chi connectivity index (χ4n) is 5.29. The molecule has 2 amide bonds. The van der Waals surface area contributed by atoms with E-state index in [0.29, 0.717) is 34.9 Å². The number of amides is 2. The summed E-state index contributed by atoms with van der Waals surface area (Å²) in [6, 6.07) is 11.1. The quantitative estimate of drug-likeness (QED) is 0.546. The van der Waals surface area contributed by atoms with Crippen molar-refractivity contribution in [1.82, 2.24) is 19.8 Å². The van der Waals surface area contributed by atoms with Crippen molar-refractivity contribution in [3.63, 3.8) is 0 Å². The number of rotatable bonds is 7. The second-order valence-corrected chi connectivity index (χ2v) is 9.53. The molecule has 3 aromatic rings. The normalized spacial score (nSPS) is 19.3. The third kappa shape index (κ3) is 4.65. The molecule has 188 valence electrons. The van der Waals surface area contributed by atoms with E-state index in [1.54, 1.807) is 12.1 Å². The summed E-state index contributed by atoms with van der Waals surface area (Å²) in [7, 11) is 3.02. The molecule has 0 bridgehead atoms. The van der Waals surface area contributed by atoms with Crippen molar-refractivity contribution in [2.45, 2.75) is 44.8 Å². The average Bonchev–Trinajstić information content (AvgIpc) is 3.21. The molecule has 1 aliphatic carbocycles. The van der Waals surface area contributed by atoms with Gasteiger partial charge in [0.1, 0.15) is 6.54 Å². The third-order valence-electron chi connectivity index (χ3n) is 7.23.